The molecule has 92 valence electrons. The quantitative estimate of drug-likeness (QED) is 0.768. The van der Waals surface area contributed by atoms with E-state index in [4.69, 9.17) is 4.84 Å². The zero-order valence-corrected chi connectivity index (χ0v) is 10.1. The number of hydroxylamine groups is 1. The molecule has 0 amide bonds. The molecule has 1 N–H and O–H groups in total. The van der Waals surface area contributed by atoms with E-state index in [0.29, 0.717) is 0 Å². The molecule has 0 heterocycles. The lowest BCUT2D eigenvalue weighted by atomic mass is 10.1. The van der Waals surface area contributed by atoms with E-state index in [1.165, 1.54) is 6.92 Å². The minimum absolute atomic E-state index is 0.0157. The monoisotopic (exact) mass is 235 g/mol. The Morgan fingerprint density at radius 1 is 1.24 bits per heavy atom. The fourth-order valence-corrected chi connectivity index (χ4v) is 1.29. The van der Waals surface area contributed by atoms with Crippen LogP contribution in [0.15, 0.2) is 30.3 Å². The summed E-state index contributed by atoms with van der Waals surface area (Å²) in [4.78, 5) is 26.8. The summed E-state index contributed by atoms with van der Waals surface area (Å²) >= 11 is 0. The number of nitrogens with one attached hydrogen (secondary N) is 1. The third kappa shape index (κ3) is 5.26. The first-order valence-corrected chi connectivity index (χ1v) is 5.59. The Kier molecular flexibility index (Phi) is 5.36. The molecule has 0 spiro atoms. The second kappa shape index (κ2) is 6.81. The molecule has 0 radical (unpaired) electrons. The third-order valence-electron chi connectivity index (χ3n) is 2.33. The van der Waals surface area contributed by atoms with Gasteiger partial charge in [0.15, 0.2) is 0 Å². The average molecular weight is 235 g/mol. The first-order valence-electron chi connectivity index (χ1n) is 5.59. The van der Waals surface area contributed by atoms with Crippen molar-refractivity contribution >= 4 is 11.8 Å². The van der Waals surface area contributed by atoms with Crippen LogP contribution < -0.4 is 5.48 Å². The lowest BCUT2D eigenvalue weighted by molar-refractivity contribution is -0.153. The van der Waals surface area contributed by atoms with Crippen molar-refractivity contribution in [2.75, 3.05) is 0 Å². The van der Waals surface area contributed by atoms with E-state index in [1.807, 2.05) is 37.3 Å². The van der Waals surface area contributed by atoms with Crippen molar-refractivity contribution in [1.82, 2.24) is 5.48 Å². The summed E-state index contributed by atoms with van der Waals surface area (Å²) in [6, 6.07) is 9.59. The summed E-state index contributed by atoms with van der Waals surface area (Å²) in [6.45, 7) is 3.35. The third-order valence-corrected chi connectivity index (χ3v) is 2.33. The SMILES string of the molecule is CC(=O)CCC(=O)ONC(C)c1ccccc1. The van der Waals surface area contributed by atoms with Crippen molar-refractivity contribution in [3.05, 3.63) is 35.9 Å². The van der Waals surface area contributed by atoms with E-state index in [2.05, 4.69) is 5.48 Å². The average Bonchev–Trinajstić information content (AvgIpc) is 2.34. The molecule has 0 bridgehead atoms. The van der Waals surface area contributed by atoms with Gasteiger partial charge in [0.1, 0.15) is 5.78 Å². The fourth-order valence-electron chi connectivity index (χ4n) is 1.29. The molecule has 1 aromatic carbocycles. The molecule has 4 heteroatoms. The number of benzene rings is 1. The molecule has 0 saturated carbocycles. The van der Waals surface area contributed by atoms with Gasteiger partial charge in [-0.1, -0.05) is 30.3 Å². The highest BCUT2D eigenvalue weighted by atomic mass is 16.7. The van der Waals surface area contributed by atoms with E-state index >= 15 is 0 Å². The highest BCUT2D eigenvalue weighted by Crippen LogP contribution is 2.10. The number of rotatable bonds is 6. The van der Waals surface area contributed by atoms with E-state index < -0.39 is 5.97 Å². The first kappa shape index (κ1) is 13.4. The van der Waals surface area contributed by atoms with Gasteiger partial charge in [0.05, 0.1) is 12.5 Å². The normalized spacial score (nSPS) is 11.9. The van der Waals surface area contributed by atoms with Crippen LogP contribution in [0.5, 0.6) is 0 Å². The highest BCUT2D eigenvalue weighted by molar-refractivity contribution is 5.80. The molecule has 4 nitrogen and oxygen atoms in total. The smallest absolute Gasteiger partial charge is 0.325 e. The van der Waals surface area contributed by atoms with Gasteiger partial charge in [-0.15, -0.1) is 5.48 Å². The van der Waals surface area contributed by atoms with E-state index in [9.17, 15) is 9.59 Å². The summed E-state index contributed by atoms with van der Waals surface area (Å²) in [5.74, 6) is -0.430. The summed E-state index contributed by atoms with van der Waals surface area (Å²) in [5.41, 5.74) is 3.70. The minimum atomic E-state index is -0.414. The molecular weight excluding hydrogens is 218 g/mol. The van der Waals surface area contributed by atoms with Crippen LogP contribution >= 0.6 is 0 Å². The van der Waals surface area contributed by atoms with Gasteiger partial charge in [0.2, 0.25) is 0 Å². The molecule has 0 saturated heterocycles. The molecule has 1 atom stereocenters. The van der Waals surface area contributed by atoms with Gasteiger partial charge < -0.3 is 9.63 Å². The summed E-state index contributed by atoms with van der Waals surface area (Å²) in [6.07, 6.45) is 0.337. The molecule has 0 fully saturated rings. The van der Waals surface area contributed by atoms with Gasteiger partial charge in [-0.3, -0.25) is 4.79 Å². The van der Waals surface area contributed by atoms with Crippen LogP contribution in [0.3, 0.4) is 0 Å². The lowest BCUT2D eigenvalue weighted by Crippen LogP contribution is -2.23. The minimum Gasteiger partial charge on any atom is -0.370 e. The number of hydrogen-bond donors (Lipinski definition) is 1. The Bertz CT molecular complexity index is 376. The number of carbonyl (C=O) groups is 2. The van der Waals surface area contributed by atoms with E-state index in [0.717, 1.165) is 5.56 Å². The molecule has 1 rings (SSSR count). The molecule has 0 aliphatic rings. The number of hydrogen-bond acceptors (Lipinski definition) is 4. The van der Waals surface area contributed by atoms with E-state index in [-0.39, 0.29) is 24.7 Å². The van der Waals surface area contributed by atoms with Crippen LogP contribution in [0, 0.1) is 0 Å². The second-order valence-corrected chi connectivity index (χ2v) is 3.93. The first-order chi connectivity index (χ1) is 8.09. The topological polar surface area (TPSA) is 55.4 Å². The highest BCUT2D eigenvalue weighted by Gasteiger charge is 2.09. The molecule has 0 aromatic heterocycles. The van der Waals surface area contributed by atoms with Crippen molar-refractivity contribution in [1.29, 1.82) is 0 Å². The number of carbonyl (C=O) groups excluding carboxylic acids is 2. The van der Waals surface area contributed by atoms with Gasteiger partial charge in [0, 0.05) is 6.42 Å². The van der Waals surface area contributed by atoms with Gasteiger partial charge in [-0.05, 0) is 19.4 Å². The van der Waals surface area contributed by atoms with Crippen LogP contribution in [-0.4, -0.2) is 11.8 Å². The molecule has 0 aliphatic carbocycles. The van der Waals surface area contributed by atoms with E-state index in [1.54, 1.807) is 0 Å². The fraction of sp³-hybridized carbons (Fsp3) is 0.385. The Morgan fingerprint density at radius 2 is 1.88 bits per heavy atom. The zero-order valence-electron chi connectivity index (χ0n) is 10.1. The van der Waals surface area contributed by atoms with Crippen LogP contribution in [0.4, 0.5) is 0 Å². The van der Waals surface area contributed by atoms with Crippen molar-refractivity contribution < 1.29 is 14.4 Å². The second-order valence-electron chi connectivity index (χ2n) is 3.93. The lowest BCUT2D eigenvalue weighted by Gasteiger charge is -2.13. The molecule has 17 heavy (non-hydrogen) atoms. The molecule has 1 aromatic rings. The predicted molar refractivity (Wildman–Crippen MR) is 64.0 cm³/mol. The van der Waals surface area contributed by atoms with Crippen molar-refractivity contribution in [2.24, 2.45) is 0 Å². The van der Waals surface area contributed by atoms with Crippen molar-refractivity contribution in [3.63, 3.8) is 0 Å². The van der Waals surface area contributed by atoms with Gasteiger partial charge in [-0.25, -0.2) is 0 Å². The maximum absolute atomic E-state index is 11.2. The number of ketones is 1. The Morgan fingerprint density at radius 3 is 2.47 bits per heavy atom. The Balaban J connectivity index is 2.31. The molecule has 0 aliphatic heterocycles. The maximum atomic E-state index is 11.2. The summed E-state index contributed by atoms with van der Waals surface area (Å²) < 4.78 is 0. The van der Waals surface area contributed by atoms with Crippen LogP contribution in [0.25, 0.3) is 0 Å². The van der Waals surface area contributed by atoms with Crippen molar-refractivity contribution in [2.45, 2.75) is 32.7 Å². The Hall–Kier alpha value is -1.68. The largest absolute Gasteiger partial charge is 0.370 e. The number of Topliss-reactive ketones (excluding diaryl/α,β-unsaturated/α-hetero) is 1. The van der Waals surface area contributed by atoms with Gasteiger partial charge in [0.25, 0.3) is 0 Å². The Labute approximate surface area is 101 Å². The molecular formula is C13H17NO3. The molecule has 1 unspecified atom stereocenters. The summed E-state index contributed by atoms with van der Waals surface area (Å²) in [7, 11) is 0. The standard InChI is InChI=1S/C13H17NO3/c1-10(15)8-9-13(16)17-14-11(2)12-6-4-3-5-7-12/h3-7,11,14H,8-9H2,1-2H3. The van der Waals surface area contributed by atoms with Crippen LogP contribution in [-0.2, 0) is 14.4 Å². The zero-order chi connectivity index (χ0) is 12.7. The van der Waals surface area contributed by atoms with Crippen LogP contribution in [0.1, 0.15) is 38.3 Å². The van der Waals surface area contributed by atoms with Gasteiger partial charge >= 0.3 is 5.97 Å². The predicted octanol–water partition coefficient (Wildman–Crippen LogP) is 2.16. The van der Waals surface area contributed by atoms with Crippen molar-refractivity contribution in [3.8, 4) is 0 Å². The maximum Gasteiger partial charge on any atom is 0.325 e. The van der Waals surface area contributed by atoms with Crippen LogP contribution in [0.2, 0.25) is 0 Å². The van der Waals surface area contributed by atoms with Gasteiger partial charge in [-0.2, -0.15) is 0 Å². The summed E-state index contributed by atoms with van der Waals surface area (Å²) in [5, 5.41) is 0.